The number of aromatic nitrogens is 2. The van der Waals surface area contributed by atoms with Crippen LogP contribution in [0, 0.1) is 6.20 Å². The largest absolute Gasteiger partial charge is 0.264 e. The quantitative estimate of drug-likeness (QED) is 0.697. The Morgan fingerprint density at radius 2 is 2.23 bits per heavy atom. The number of para-hydroxylation sites is 1. The molecule has 1 aromatic carbocycles. The minimum atomic E-state index is 1.00. The highest BCUT2D eigenvalue weighted by Crippen LogP contribution is 2.12. The Kier molecular flexibility index (Phi) is 2.30. The molecule has 0 saturated heterocycles. The number of nitrogens with zero attached hydrogens (tertiary/aromatic N) is 2. The van der Waals surface area contributed by atoms with Gasteiger partial charge in [0.15, 0.2) is 0 Å². The highest BCUT2D eigenvalue weighted by atomic mass is 15.3. The highest BCUT2D eigenvalue weighted by molar-refractivity contribution is 5.77. The van der Waals surface area contributed by atoms with Gasteiger partial charge in [-0.3, -0.25) is 4.68 Å². The van der Waals surface area contributed by atoms with Gasteiger partial charge in [0.1, 0.15) is 6.20 Å². The molecule has 1 heterocycles. The monoisotopic (exact) mass is 173 g/mol. The smallest absolute Gasteiger partial charge is 0.121 e. The van der Waals surface area contributed by atoms with Crippen molar-refractivity contribution in [3.8, 4) is 0 Å². The summed E-state index contributed by atoms with van der Waals surface area (Å²) in [5.41, 5.74) is 1.19. The third-order valence-corrected chi connectivity index (χ3v) is 2.20. The minimum absolute atomic E-state index is 1.00. The van der Waals surface area contributed by atoms with Gasteiger partial charge in [0.25, 0.3) is 0 Å². The summed E-state index contributed by atoms with van der Waals surface area (Å²) in [6, 6.07) is 8.20. The highest BCUT2D eigenvalue weighted by Gasteiger charge is 1.99. The van der Waals surface area contributed by atoms with Crippen molar-refractivity contribution in [1.82, 2.24) is 9.78 Å². The first kappa shape index (κ1) is 8.30. The molecule has 67 valence electrons. The predicted molar refractivity (Wildman–Crippen MR) is 53.5 cm³/mol. The van der Waals surface area contributed by atoms with Gasteiger partial charge in [-0.25, -0.2) is 0 Å². The van der Waals surface area contributed by atoms with Gasteiger partial charge in [0.05, 0.1) is 5.52 Å². The average molecular weight is 173 g/mol. The summed E-state index contributed by atoms with van der Waals surface area (Å²) < 4.78 is 2.03. The molecule has 0 atom stereocenters. The zero-order chi connectivity index (χ0) is 9.10. The molecule has 0 unspecified atom stereocenters. The molecule has 1 radical (unpaired) electrons. The van der Waals surface area contributed by atoms with Crippen molar-refractivity contribution in [2.45, 2.75) is 26.3 Å². The second-order valence-electron chi connectivity index (χ2n) is 3.21. The molecule has 0 amide bonds. The molecular weight excluding hydrogens is 160 g/mol. The molecule has 2 nitrogen and oxygen atoms in total. The van der Waals surface area contributed by atoms with E-state index in [1.807, 2.05) is 22.9 Å². The van der Waals surface area contributed by atoms with Gasteiger partial charge < -0.3 is 0 Å². The van der Waals surface area contributed by atoms with E-state index in [0.29, 0.717) is 0 Å². The minimum Gasteiger partial charge on any atom is -0.264 e. The van der Waals surface area contributed by atoms with Crippen LogP contribution in [0.2, 0.25) is 0 Å². The van der Waals surface area contributed by atoms with Crippen molar-refractivity contribution in [1.29, 1.82) is 0 Å². The van der Waals surface area contributed by atoms with Crippen molar-refractivity contribution < 1.29 is 0 Å². The lowest BCUT2D eigenvalue weighted by atomic mass is 10.2. The van der Waals surface area contributed by atoms with E-state index < -0.39 is 0 Å². The van der Waals surface area contributed by atoms with Crippen molar-refractivity contribution in [2.75, 3.05) is 0 Å². The number of rotatable bonds is 3. The van der Waals surface area contributed by atoms with Gasteiger partial charge in [0.2, 0.25) is 0 Å². The van der Waals surface area contributed by atoms with Crippen LogP contribution in [0.1, 0.15) is 19.8 Å². The number of benzene rings is 1. The van der Waals surface area contributed by atoms with Crippen LogP contribution < -0.4 is 0 Å². The number of fused-ring (bicyclic) bond motifs is 1. The summed E-state index contributed by atoms with van der Waals surface area (Å²) in [7, 11) is 0. The Balaban J connectivity index is 2.35. The summed E-state index contributed by atoms with van der Waals surface area (Å²) >= 11 is 0. The standard InChI is InChI=1S/C11H13N2/c1-2-3-8-13-11-7-5-4-6-10(11)9-12-13/h4-7H,2-3,8H2,1H3. The van der Waals surface area contributed by atoms with E-state index in [-0.39, 0.29) is 0 Å². The molecule has 1 aromatic heterocycles. The maximum atomic E-state index is 4.22. The third-order valence-electron chi connectivity index (χ3n) is 2.20. The fraction of sp³-hybridized carbons (Fsp3) is 0.364. The zero-order valence-electron chi connectivity index (χ0n) is 7.83. The van der Waals surface area contributed by atoms with Crippen LogP contribution in [0.3, 0.4) is 0 Å². The van der Waals surface area contributed by atoms with Crippen LogP contribution in [0.5, 0.6) is 0 Å². The molecule has 0 N–H and O–H groups in total. The summed E-state index contributed by atoms with van der Waals surface area (Å²) in [5, 5.41) is 5.33. The Hall–Kier alpha value is -1.31. The Labute approximate surface area is 78.2 Å². The molecule has 0 bridgehead atoms. The van der Waals surface area contributed by atoms with Crippen LogP contribution >= 0.6 is 0 Å². The van der Waals surface area contributed by atoms with Crippen molar-refractivity contribution in [3.05, 3.63) is 30.5 Å². The lowest BCUT2D eigenvalue weighted by Crippen LogP contribution is -1.98. The van der Waals surface area contributed by atoms with Crippen LogP contribution in [0.15, 0.2) is 24.3 Å². The lowest BCUT2D eigenvalue weighted by molar-refractivity contribution is 0.587. The zero-order valence-corrected chi connectivity index (χ0v) is 7.83. The Morgan fingerprint density at radius 3 is 3.08 bits per heavy atom. The van der Waals surface area contributed by atoms with Gasteiger partial charge in [-0.05, 0) is 12.5 Å². The predicted octanol–water partition coefficient (Wildman–Crippen LogP) is 2.64. The molecule has 0 aliphatic heterocycles. The summed E-state index contributed by atoms with van der Waals surface area (Å²) in [6.07, 6.45) is 5.39. The fourth-order valence-electron chi connectivity index (χ4n) is 1.44. The topological polar surface area (TPSA) is 17.8 Å². The molecule has 0 spiro atoms. The summed E-state index contributed by atoms with van der Waals surface area (Å²) in [5.74, 6) is 0. The Morgan fingerprint density at radius 1 is 1.38 bits per heavy atom. The van der Waals surface area contributed by atoms with E-state index in [4.69, 9.17) is 0 Å². The molecule has 0 fully saturated rings. The van der Waals surface area contributed by atoms with E-state index in [1.165, 1.54) is 18.4 Å². The van der Waals surface area contributed by atoms with Crippen LogP contribution in [0.25, 0.3) is 10.9 Å². The molecule has 0 aliphatic rings. The van der Waals surface area contributed by atoms with Crippen LogP contribution in [-0.4, -0.2) is 9.78 Å². The lowest BCUT2D eigenvalue weighted by Gasteiger charge is -2.00. The number of hydrogen-bond acceptors (Lipinski definition) is 1. The van der Waals surface area contributed by atoms with E-state index in [0.717, 1.165) is 11.9 Å². The molecule has 13 heavy (non-hydrogen) atoms. The second kappa shape index (κ2) is 3.60. The first-order chi connectivity index (χ1) is 6.42. The van der Waals surface area contributed by atoms with Gasteiger partial charge in [0, 0.05) is 11.9 Å². The SMILES string of the molecule is CCCCn1n[c]c2ccccc21. The normalized spacial score (nSPS) is 10.8. The number of unbranched alkanes of at least 4 members (excludes halogenated alkanes) is 1. The molecule has 2 heteroatoms. The van der Waals surface area contributed by atoms with Gasteiger partial charge in [-0.15, -0.1) is 0 Å². The number of aryl methyl sites for hydroxylation is 1. The Bertz CT molecular complexity index is 390. The van der Waals surface area contributed by atoms with E-state index >= 15 is 0 Å². The van der Waals surface area contributed by atoms with E-state index in [2.05, 4.69) is 24.3 Å². The maximum absolute atomic E-state index is 4.22. The fourth-order valence-corrected chi connectivity index (χ4v) is 1.44. The summed E-state index contributed by atoms with van der Waals surface area (Å²) in [4.78, 5) is 0. The van der Waals surface area contributed by atoms with E-state index in [9.17, 15) is 0 Å². The molecule has 2 rings (SSSR count). The molecule has 2 aromatic rings. The first-order valence-electron chi connectivity index (χ1n) is 4.75. The molecule has 0 aliphatic carbocycles. The van der Waals surface area contributed by atoms with Gasteiger partial charge >= 0.3 is 0 Å². The second-order valence-corrected chi connectivity index (χ2v) is 3.21. The van der Waals surface area contributed by atoms with E-state index in [1.54, 1.807) is 0 Å². The first-order valence-corrected chi connectivity index (χ1v) is 4.75. The van der Waals surface area contributed by atoms with Crippen molar-refractivity contribution in [2.24, 2.45) is 0 Å². The van der Waals surface area contributed by atoms with Crippen molar-refractivity contribution in [3.63, 3.8) is 0 Å². The summed E-state index contributed by atoms with van der Waals surface area (Å²) in [6.45, 7) is 3.19. The maximum Gasteiger partial charge on any atom is 0.121 e. The third kappa shape index (κ3) is 1.57. The van der Waals surface area contributed by atoms with Gasteiger partial charge in [-0.2, -0.15) is 5.10 Å². The van der Waals surface area contributed by atoms with Gasteiger partial charge in [-0.1, -0.05) is 31.5 Å². The van der Waals surface area contributed by atoms with Crippen LogP contribution in [-0.2, 0) is 6.54 Å². The number of hydrogen-bond donors (Lipinski definition) is 0. The average Bonchev–Trinajstić information content (AvgIpc) is 2.58. The molecule has 0 saturated carbocycles. The molecular formula is C11H13N2. The van der Waals surface area contributed by atoms with Crippen LogP contribution in [0.4, 0.5) is 0 Å². The van der Waals surface area contributed by atoms with Crippen molar-refractivity contribution >= 4 is 10.9 Å².